The van der Waals surface area contributed by atoms with E-state index in [4.69, 9.17) is 23.5 Å². The number of rotatable bonds is 8. The third-order valence-electron chi connectivity index (χ3n) is 11.8. The molecule has 6 aromatic rings. The van der Waals surface area contributed by atoms with E-state index in [0.717, 1.165) is 50.0 Å². The van der Waals surface area contributed by atoms with E-state index in [9.17, 15) is 14.7 Å². The van der Waals surface area contributed by atoms with Crippen LogP contribution in [-0.2, 0) is 21.4 Å². The van der Waals surface area contributed by atoms with Gasteiger partial charge < -0.3 is 34.3 Å². The first-order valence-electron chi connectivity index (χ1n) is 18.7. The molecule has 0 radical (unpaired) electrons. The first-order valence-corrected chi connectivity index (χ1v) is 18.7. The second kappa shape index (κ2) is 11.9. The van der Waals surface area contributed by atoms with Crippen LogP contribution in [0.4, 0.5) is 5.69 Å². The fourth-order valence-electron chi connectivity index (χ4n) is 9.17. The van der Waals surface area contributed by atoms with Gasteiger partial charge in [-0.05, 0) is 35.6 Å². The van der Waals surface area contributed by atoms with Crippen LogP contribution in [-0.4, -0.2) is 43.6 Å². The number of H-pyrrole nitrogens is 1. The van der Waals surface area contributed by atoms with Gasteiger partial charge in [-0.25, -0.2) is 9.97 Å². The number of hydrogen-bond acceptors (Lipinski definition) is 9. The molecule has 0 saturated heterocycles. The largest absolute Gasteiger partial charge is 0.469 e. The molecule has 11 nitrogen and oxygen atoms in total. The zero-order valence-corrected chi connectivity index (χ0v) is 30.4. The Hall–Kier alpha value is -6.20. The summed E-state index contributed by atoms with van der Waals surface area (Å²) in [6.45, 7) is 11.5. The van der Waals surface area contributed by atoms with Crippen molar-refractivity contribution in [3.05, 3.63) is 121 Å². The number of aliphatic hydroxyl groups is 1. The molecule has 11 heteroatoms. The third kappa shape index (κ3) is 4.65. The molecule has 0 aliphatic carbocycles. The minimum atomic E-state index is -1.72. The number of aromatic amines is 1. The van der Waals surface area contributed by atoms with Gasteiger partial charge in [0.15, 0.2) is 29.2 Å². The van der Waals surface area contributed by atoms with E-state index in [0.29, 0.717) is 23.0 Å². The highest BCUT2D eigenvalue weighted by molar-refractivity contribution is 6.07. The van der Waals surface area contributed by atoms with Crippen LogP contribution in [0.25, 0.3) is 44.9 Å². The maximum atomic E-state index is 14.4. The van der Waals surface area contributed by atoms with Gasteiger partial charge in [-0.1, -0.05) is 68.5 Å². The zero-order chi connectivity index (χ0) is 37.8. The highest BCUT2D eigenvalue weighted by Gasteiger charge is 2.61. The number of anilines is 1. The average Bonchev–Trinajstić information content (AvgIpc) is 3.99. The zero-order valence-electron chi connectivity index (χ0n) is 30.4. The Morgan fingerprint density at radius 3 is 2.64 bits per heavy atom. The summed E-state index contributed by atoms with van der Waals surface area (Å²) in [5.41, 5.74) is 4.92. The molecule has 4 atom stereocenters. The summed E-state index contributed by atoms with van der Waals surface area (Å²) >= 11 is 0. The molecule has 55 heavy (non-hydrogen) atoms. The number of hydrogen-bond donors (Lipinski definition) is 4. The first kappa shape index (κ1) is 33.4. The Morgan fingerprint density at radius 2 is 1.84 bits per heavy atom. The highest BCUT2D eigenvalue weighted by Crippen LogP contribution is 2.61. The number of benzene rings is 3. The van der Waals surface area contributed by atoms with Crippen LogP contribution in [0, 0.1) is 11.8 Å². The number of ketones is 1. The maximum Gasteiger partial charge on any atom is 0.249 e. The van der Waals surface area contributed by atoms with Gasteiger partial charge in [0, 0.05) is 70.2 Å². The highest BCUT2D eigenvalue weighted by atomic mass is 16.5. The van der Waals surface area contributed by atoms with E-state index in [2.05, 4.69) is 59.1 Å². The van der Waals surface area contributed by atoms with E-state index in [1.807, 2.05) is 44.3 Å². The standard InChI is InChI=1S/C44H39N5O6/c1-5-15-43(52,16-6-2)33(50)19-24-17-23-13-14-31-29(18-23)44-28-11-7-10-26(36(28)49-42(44)54-31)25-9-8-12-30-34(25)27(20-45-30)32-21-46-40(53-32)37-38(44)55-41(48-37)35(22(3)4)47-39(24)51/h5-14,18,20-22,24,35,42,45,49,52H,1-2,15-17,19H2,3-4H3,(H,47,51)/t24-,35+,42?,44?/m1/s1. The molecular formula is C44H39N5O6. The molecule has 7 heterocycles. The van der Waals surface area contributed by atoms with Crippen LogP contribution in [0.15, 0.2) is 101 Å². The Labute approximate surface area is 316 Å². The van der Waals surface area contributed by atoms with Gasteiger partial charge in [0.2, 0.25) is 17.7 Å². The number of Topliss-reactive ketones (excluding diaryl/α,β-unsaturated/α-hetero) is 1. The quantitative estimate of drug-likeness (QED) is 0.115. The summed E-state index contributed by atoms with van der Waals surface area (Å²) in [4.78, 5) is 41.7. The number of fused-ring (bicyclic) bond motifs is 7. The Bertz CT molecular complexity index is 2600. The van der Waals surface area contributed by atoms with Gasteiger partial charge in [-0.3, -0.25) is 9.59 Å². The molecule has 0 fully saturated rings. The third-order valence-corrected chi connectivity index (χ3v) is 11.8. The number of oxazole rings is 2. The summed E-state index contributed by atoms with van der Waals surface area (Å²) in [5, 5.41) is 19.4. The van der Waals surface area contributed by atoms with E-state index in [-0.39, 0.29) is 49.3 Å². The lowest BCUT2D eigenvalue weighted by Crippen LogP contribution is -2.43. The van der Waals surface area contributed by atoms with Crippen molar-refractivity contribution in [3.63, 3.8) is 0 Å². The summed E-state index contributed by atoms with van der Waals surface area (Å²) in [6.07, 6.45) is 6.15. The fourth-order valence-corrected chi connectivity index (χ4v) is 9.17. The molecule has 4 N–H and O–H groups in total. The Morgan fingerprint density at radius 1 is 1.04 bits per heavy atom. The average molecular weight is 734 g/mol. The van der Waals surface area contributed by atoms with E-state index in [1.54, 1.807) is 6.20 Å². The van der Waals surface area contributed by atoms with Gasteiger partial charge in [-0.15, -0.1) is 13.2 Å². The number of ether oxygens (including phenoxy) is 1. The summed E-state index contributed by atoms with van der Waals surface area (Å²) in [6, 6.07) is 17.7. The van der Waals surface area contributed by atoms with Gasteiger partial charge in [0.05, 0.1) is 6.20 Å². The lowest BCUT2D eigenvalue weighted by molar-refractivity contribution is -0.140. The predicted molar refractivity (Wildman–Crippen MR) is 206 cm³/mol. The van der Waals surface area contributed by atoms with Crippen molar-refractivity contribution in [2.24, 2.45) is 11.8 Å². The lowest BCUT2D eigenvalue weighted by Gasteiger charge is -2.29. The minimum absolute atomic E-state index is 0.0410. The van der Waals surface area contributed by atoms with Crippen LogP contribution in [0.1, 0.15) is 67.5 Å². The number of aromatic nitrogens is 3. The summed E-state index contributed by atoms with van der Waals surface area (Å²) in [7, 11) is 0. The molecule has 4 aliphatic heterocycles. The van der Waals surface area contributed by atoms with Crippen molar-refractivity contribution in [2.45, 2.75) is 62.8 Å². The van der Waals surface area contributed by atoms with Crippen LogP contribution >= 0.6 is 0 Å². The second-order valence-corrected chi connectivity index (χ2v) is 15.5. The normalized spacial score (nSPS) is 21.5. The molecular weight excluding hydrogens is 695 g/mol. The van der Waals surface area contributed by atoms with E-state index in [1.165, 1.54) is 12.2 Å². The maximum absolute atomic E-state index is 14.4. The van der Waals surface area contributed by atoms with Crippen LogP contribution in [0.3, 0.4) is 0 Å². The fraction of sp³-hybridized carbons (Fsp3) is 0.273. The van der Waals surface area contributed by atoms with Gasteiger partial charge in [-0.2, -0.15) is 0 Å². The number of nitrogens with one attached hydrogen (secondary N) is 3. The Balaban J connectivity index is 1.24. The number of nitrogens with zero attached hydrogens (tertiary/aromatic N) is 2. The number of para-hydroxylation sites is 1. The summed E-state index contributed by atoms with van der Waals surface area (Å²) in [5.74, 6) is 0.448. The van der Waals surface area contributed by atoms with Crippen molar-refractivity contribution in [1.29, 1.82) is 0 Å². The molecule has 2 unspecified atom stereocenters. The number of carbonyl (C=O) groups excluding carboxylic acids is 2. The van der Waals surface area contributed by atoms with Crippen LogP contribution in [0.5, 0.6) is 5.75 Å². The second-order valence-electron chi connectivity index (χ2n) is 15.5. The molecule has 10 rings (SSSR count). The summed E-state index contributed by atoms with van der Waals surface area (Å²) < 4.78 is 20.5. The van der Waals surface area contributed by atoms with Gasteiger partial charge >= 0.3 is 0 Å². The monoisotopic (exact) mass is 733 g/mol. The van der Waals surface area contributed by atoms with Crippen molar-refractivity contribution < 1.29 is 28.3 Å². The SMILES string of the molecule is C=CCC(O)(CC=C)C(=O)C[C@H]1Cc2ccc3c(c2)C24c5cccc(c5NC2O3)-c2cccc3[nH]cc(c23)-c2cnc(o2)-c2nc(oc24)[C@H](C(C)C)NC1=O. The van der Waals surface area contributed by atoms with Crippen LogP contribution < -0.4 is 15.4 Å². The lowest BCUT2D eigenvalue weighted by atomic mass is 9.72. The number of carbonyl (C=O) groups is 2. The molecule has 0 saturated carbocycles. The van der Waals surface area contributed by atoms with Crippen molar-refractivity contribution in [1.82, 2.24) is 20.3 Å². The van der Waals surface area contributed by atoms with Crippen LogP contribution in [0.2, 0.25) is 0 Å². The van der Waals surface area contributed by atoms with Crippen molar-refractivity contribution in [3.8, 4) is 39.8 Å². The molecule has 1 amide bonds. The molecule has 3 aromatic carbocycles. The smallest absolute Gasteiger partial charge is 0.249 e. The molecule has 10 bridgehead atoms. The van der Waals surface area contributed by atoms with Gasteiger partial charge in [0.25, 0.3) is 0 Å². The molecule has 1 spiro atoms. The molecule has 4 aliphatic rings. The minimum Gasteiger partial charge on any atom is -0.469 e. The topological polar surface area (TPSA) is 156 Å². The molecule has 276 valence electrons. The van der Waals surface area contributed by atoms with Crippen molar-refractivity contribution in [2.75, 3.05) is 5.32 Å². The van der Waals surface area contributed by atoms with Gasteiger partial charge in [0.1, 0.15) is 22.8 Å². The number of amides is 1. The predicted octanol–water partition coefficient (Wildman–Crippen LogP) is 7.76. The van der Waals surface area contributed by atoms with E-state index < -0.39 is 35.0 Å². The molecule has 3 aromatic heterocycles. The first-order chi connectivity index (χ1) is 26.6. The van der Waals surface area contributed by atoms with Crippen molar-refractivity contribution >= 4 is 28.3 Å². The van der Waals surface area contributed by atoms with E-state index >= 15 is 0 Å². The Kier molecular flexibility index (Phi) is 7.22.